The molecule has 4 heteroatoms. The molecular weight excluding hydrogens is 213 g/mol. The van der Waals surface area contributed by atoms with Gasteiger partial charge in [-0.2, -0.15) is 4.99 Å². The van der Waals surface area contributed by atoms with Crippen molar-refractivity contribution < 1.29 is 9.18 Å². The maximum Gasteiger partial charge on any atom is 0.238 e. The van der Waals surface area contributed by atoms with Crippen molar-refractivity contribution in [1.82, 2.24) is 0 Å². The van der Waals surface area contributed by atoms with Crippen molar-refractivity contribution in [2.75, 3.05) is 0 Å². The molecule has 0 saturated heterocycles. The molecule has 0 saturated carbocycles. The monoisotopic (exact) mass is 225 g/mol. The van der Waals surface area contributed by atoms with Gasteiger partial charge in [-0.15, -0.1) is 11.8 Å². The van der Waals surface area contributed by atoms with Gasteiger partial charge < -0.3 is 0 Å². The second kappa shape index (κ2) is 5.69. The number of isocyanates is 1. The van der Waals surface area contributed by atoms with Crippen LogP contribution >= 0.6 is 11.8 Å². The standard InChI is InChI=1S/C11H12FNOS/c1-8(2)15-10-5-3-4-9(6-10)11(12)13-7-14/h3-6,8,11H,1-2H3. The van der Waals surface area contributed by atoms with Gasteiger partial charge in [0.15, 0.2) is 0 Å². The van der Waals surface area contributed by atoms with E-state index in [1.54, 1.807) is 30.0 Å². The van der Waals surface area contributed by atoms with Crippen molar-refractivity contribution in [1.29, 1.82) is 0 Å². The Morgan fingerprint density at radius 3 is 2.80 bits per heavy atom. The third kappa shape index (κ3) is 3.86. The lowest BCUT2D eigenvalue weighted by Crippen LogP contribution is -1.90. The number of nitrogens with zero attached hydrogens (tertiary/aromatic N) is 1. The molecule has 0 N–H and O–H groups in total. The molecule has 0 fully saturated rings. The zero-order valence-corrected chi connectivity index (χ0v) is 9.42. The molecule has 1 atom stereocenters. The van der Waals surface area contributed by atoms with Crippen molar-refractivity contribution in [3.8, 4) is 0 Å². The van der Waals surface area contributed by atoms with E-state index in [9.17, 15) is 9.18 Å². The molecule has 0 heterocycles. The number of benzene rings is 1. The van der Waals surface area contributed by atoms with E-state index in [1.165, 1.54) is 6.08 Å². The molecule has 1 rings (SSSR count). The Kier molecular flexibility index (Phi) is 4.53. The van der Waals surface area contributed by atoms with E-state index in [4.69, 9.17) is 0 Å². The number of halogens is 1. The number of alkyl halides is 1. The van der Waals surface area contributed by atoms with Crippen LogP contribution in [0.4, 0.5) is 4.39 Å². The molecule has 15 heavy (non-hydrogen) atoms. The zero-order valence-electron chi connectivity index (χ0n) is 8.61. The first-order chi connectivity index (χ1) is 7.13. The number of hydrogen-bond acceptors (Lipinski definition) is 3. The summed E-state index contributed by atoms with van der Waals surface area (Å²) in [5.41, 5.74) is 0.393. The highest BCUT2D eigenvalue weighted by Crippen LogP contribution is 2.27. The quantitative estimate of drug-likeness (QED) is 0.340. The van der Waals surface area contributed by atoms with Crippen LogP contribution in [-0.2, 0) is 4.79 Å². The Bertz CT molecular complexity index is 375. The van der Waals surface area contributed by atoms with Gasteiger partial charge in [0.2, 0.25) is 12.4 Å². The summed E-state index contributed by atoms with van der Waals surface area (Å²) in [5.74, 6) is 0. The molecule has 0 spiro atoms. The number of rotatable bonds is 4. The lowest BCUT2D eigenvalue weighted by molar-refractivity contribution is 0.356. The number of thioether (sulfide) groups is 1. The van der Waals surface area contributed by atoms with Crippen LogP contribution in [0.5, 0.6) is 0 Å². The summed E-state index contributed by atoms with van der Waals surface area (Å²) in [6.45, 7) is 4.13. The number of aliphatic imine (C=N–C) groups is 1. The van der Waals surface area contributed by atoms with E-state index in [1.807, 2.05) is 6.07 Å². The Labute approximate surface area is 92.6 Å². The molecule has 1 aromatic carbocycles. The Morgan fingerprint density at radius 2 is 2.20 bits per heavy atom. The molecule has 0 aliphatic heterocycles. The van der Waals surface area contributed by atoms with Crippen LogP contribution in [0.1, 0.15) is 25.7 Å². The molecule has 0 amide bonds. The minimum atomic E-state index is -1.60. The Balaban J connectivity index is 2.86. The third-order valence-electron chi connectivity index (χ3n) is 1.67. The van der Waals surface area contributed by atoms with Gasteiger partial charge in [-0.1, -0.05) is 26.0 Å². The highest BCUT2D eigenvalue weighted by Gasteiger charge is 2.08. The van der Waals surface area contributed by atoms with Crippen LogP contribution in [0.25, 0.3) is 0 Å². The predicted octanol–water partition coefficient (Wildman–Crippen LogP) is 3.49. The second-order valence-corrected chi connectivity index (χ2v) is 4.95. The van der Waals surface area contributed by atoms with Crippen LogP contribution in [0, 0.1) is 0 Å². The first-order valence-corrected chi connectivity index (χ1v) is 5.49. The van der Waals surface area contributed by atoms with Crippen molar-refractivity contribution in [3.63, 3.8) is 0 Å². The Hall–Kier alpha value is -1.12. The lowest BCUT2D eigenvalue weighted by atomic mass is 10.2. The van der Waals surface area contributed by atoms with Gasteiger partial charge >= 0.3 is 0 Å². The maximum absolute atomic E-state index is 13.2. The summed E-state index contributed by atoms with van der Waals surface area (Å²) in [6, 6.07) is 6.98. The maximum atomic E-state index is 13.2. The van der Waals surface area contributed by atoms with Gasteiger partial charge in [0, 0.05) is 15.7 Å². The van der Waals surface area contributed by atoms with Gasteiger partial charge in [-0.25, -0.2) is 9.18 Å². The fourth-order valence-corrected chi connectivity index (χ4v) is 2.03. The largest absolute Gasteiger partial charge is 0.238 e. The second-order valence-electron chi connectivity index (χ2n) is 3.30. The average Bonchev–Trinajstić information content (AvgIpc) is 2.17. The minimum absolute atomic E-state index is 0.393. The first-order valence-electron chi connectivity index (χ1n) is 4.61. The fourth-order valence-electron chi connectivity index (χ4n) is 1.13. The summed E-state index contributed by atoms with van der Waals surface area (Å²) in [4.78, 5) is 13.9. The Morgan fingerprint density at radius 1 is 1.47 bits per heavy atom. The first kappa shape index (κ1) is 12.0. The molecule has 0 aliphatic carbocycles. The SMILES string of the molecule is CC(C)Sc1cccc(C(F)N=C=O)c1. The average molecular weight is 225 g/mol. The molecule has 80 valence electrons. The zero-order chi connectivity index (χ0) is 11.3. The topological polar surface area (TPSA) is 29.4 Å². The van der Waals surface area contributed by atoms with Gasteiger partial charge in [-0.3, -0.25) is 0 Å². The molecule has 1 unspecified atom stereocenters. The molecule has 0 aromatic heterocycles. The van der Waals surface area contributed by atoms with Gasteiger partial charge in [0.1, 0.15) is 0 Å². The van der Waals surface area contributed by atoms with Crippen molar-refractivity contribution in [2.45, 2.75) is 30.3 Å². The van der Waals surface area contributed by atoms with E-state index in [0.29, 0.717) is 10.8 Å². The van der Waals surface area contributed by atoms with Gasteiger partial charge in [-0.05, 0) is 12.1 Å². The third-order valence-corrected chi connectivity index (χ3v) is 2.67. The number of hydrogen-bond donors (Lipinski definition) is 0. The summed E-state index contributed by atoms with van der Waals surface area (Å²) in [7, 11) is 0. The molecule has 1 aromatic rings. The van der Waals surface area contributed by atoms with Crippen LogP contribution in [-0.4, -0.2) is 11.3 Å². The van der Waals surface area contributed by atoms with Crippen LogP contribution in [0.3, 0.4) is 0 Å². The molecule has 0 radical (unpaired) electrons. The van der Waals surface area contributed by atoms with E-state index in [0.717, 1.165) is 4.90 Å². The lowest BCUT2D eigenvalue weighted by Gasteiger charge is -2.07. The van der Waals surface area contributed by atoms with Crippen LogP contribution in [0.2, 0.25) is 0 Å². The van der Waals surface area contributed by atoms with E-state index in [2.05, 4.69) is 18.8 Å². The van der Waals surface area contributed by atoms with E-state index in [-0.39, 0.29) is 0 Å². The highest BCUT2D eigenvalue weighted by atomic mass is 32.2. The van der Waals surface area contributed by atoms with E-state index < -0.39 is 6.30 Å². The number of carbonyl (C=O) groups excluding carboxylic acids is 1. The van der Waals surface area contributed by atoms with Crippen molar-refractivity contribution in [2.24, 2.45) is 4.99 Å². The van der Waals surface area contributed by atoms with Gasteiger partial charge in [0.25, 0.3) is 0 Å². The highest BCUT2D eigenvalue weighted by molar-refractivity contribution is 7.99. The molecular formula is C11H12FNOS. The minimum Gasteiger partial charge on any atom is -0.215 e. The molecule has 0 bridgehead atoms. The smallest absolute Gasteiger partial charge is 0.215 e. The van der Waals surface area contributed by atoms with Crippen LogP contribution < -0.4 is 0 Å². The summed E-state index contributed by atoms with van der Waals surface area (Å²) in [5, 5.41) is 0.438. The molecule has 0 aliphatic rings. The fraction of sp³-hybridized carbons (Fsp3) is 0.364. The summed E-state index contributed by atoms with van der Waals surface area (Å²) >= 11 is 1.64. The van der Waals surface area contributed by atoms with Crippen molar-refractivity contribution >= 4 is 17.8 Å². The normalized spacial score (nSPS) is 12.3. The van der Waals surface area contributed by atoms with Gasteiger partial charge in [0.05, 0.1) is 0 Å². The van der Waals surface area contributed by atoms with Crippen molar-refractivity contribution in [3.05, 3.63) is 29.8 Å². The molecule has 2 nitrogen and oxygen atoms in total. The predicted molar refractivity (Wildman–Crippen MR) is 59.4 cm³/mol. The summed E-state index contributed by atoms with van der Waals surface area (Å²) < 4.78 is 13.2. The van der Waals surface area contributed by atoms with Crippen LogP contribution in [0.15, 0.2) is 34.2 Å². The van der Waals surface area contributed by atoms with E-state index >= 15 is 0 Å². The summed E-state index contributed by atoms with van der Waals surface area (Å²) in [6.07, 6.45) is -0.382.